The van der Waals surface area contributed by atoms with E-state index in [0.29, 0.717) is 102 Å². The number of ether oxygens (including phenoxy) is 6. The van der Waals surface area contributed by atoms with E-state index < -0.39 is 11.9 Å². The number of carboxylic acids is 2. The number of hydrogen-bond acceptors (Lipinski definition) is 11. The van der Waals surface area contributed by atoms with Crippen LogP contribution in [-0.4, -0.2) is 119 Å². The smallest absolute Gasteiger partial charge is 0.336 e. The summed E-state index contributed by atoms with van der Waals surface area (Å²) in [5, 5.41) is 31.6. The van der Waals surface area contributed by atoms with E-state index in [1.807, 2.05) is 0 Å². The number of benzene rings is 2. The minimum absolute atomic E-state index is 0.0300. The van der Waals surface area contributed by atoms with Gasteiger partial charge in [0.15, 0.2) is 16.6 Å². The monoisotopic (exact) mass is 634 g/mol. The first-order valence-electron chi connectivity index (χ1n) is 14.2. The molecule has 0 radical (unpaired) electrons. The molecule has 1 fully saturated rings. The van der Waals surface area contributed by atoms with E-state index in [1.165, 1.54) is 18.2 Å². The summed E-state index contributed by atoms with van der Waals surface area (Å²) in [6.07, 6.45) is 0. The summed E-state index contributed by atoms with van der Waals surface area (Å²) in [5.41, 5.74) is 0.233. The number of nitrogens with one attached hydrogen (secondary N) is 4. The molecule has 15 heteroatoms. The molecule has 0 amide bonds. The third-order valence-corrected chi connectivity index (χ3v) is 6.75. The molecule has 0 spiro atoms. The first-order valence-corrected chi connectivity index (χ1v) is 14.7. The lowest BCUT2D eigenvalue weighted by atomic mass is 10.1. The Bertz CT molecular complexity index is 1250. The largest absolute Gasteiger partial charge is 0.488 e. The first kappa shape index (κ1) is 33.3. The average Bonchev–Trinajstić information content (AvgIpc) is 2.99. The van der Waals surface area contributed by atoms with Gasteiger partial charge in [-0.3, -0.25) is 0 Å². The van der Waals surface area contributed by atoms with Gasteiger partial charge in [0.25, 0.3) is 0 Å². The van der Waals surface area contributed by atoms with Crippen LogP contribution in [0.2, 0.25) is 0 Å². The van der Waals surface area contributed by atoms with Crippen molar-refractivity contribution in [1.29, 1.82) is 0 Å². The topological polar surface area (TPSA) is 178 Å². The molecule has 0 atom stereocenters. The van der Waals surface area contributed by atoms with Crippen LogP contribution in [0.4, 0.5) is 11.4 Å². The van der Waals surface area contributed by atoms with E-state index in [1.54, 1.807) is 18.2 Å². The van der Waals surface area contributed by atoms with Crippen LogP contribution in [0.15, 0.2) is 36.4 Å². The van der Waals surface area contributed by atoms with Crippen molar-refractivity contribution < 1.29 is 48.2 Å². The van der Waals surface area contributed by atoms with E-state index in [-0.39, 0.29) is 28.3 Å². The third kappa shape index (κ3) is 10.9. The highest BCUT2D eigenvalue weighted by Crippen LogP contribution is 2.31. The van der Waals surface area contributed by atoms with Crippen molar-refractivity contribution in [3.05, 3.63) is 47.5 Å². The fraction of sp³-hybridized carbons (Fsp3) is 0.483. The molecular formula is C29H38N4O10S. The second kappa shape index (κ2) is 17.7. The number of aromatic carboxylic acids is 2. The zero-order valence-electron chi connectivity index (χ0n) is 24.2. The van der Waals surface area contributed by atoms with Crippen molar-refractivity contribution in [3.8, 4) is 11.5 Å². The van der Waals surface area contributed by atoms with Gasteiger partial charge in [0.1, 0.15) is 13.2 Å². The lowest BCUT2D eigenvalue weighted by Gasteiger charge is -2.23. The Labute approximate surface area is 260 Å². The molecule has 0 aromatic heterocycles. The molecule has 5 rings (SSSR count). The Morgan fingerprint density at radius 2 is 1.14 bits per heavy atom. The van der Waals surface area contributed by atoms with Crippen LogP contribution in [0.5, 0.6) is 11.5 Å². The standard InChI is InChI=1S/C29H38N4O10S/c34-27(35)23-3-1-19(13-24(23)28(36)37)32-29(44)33-20-2-4-25-26(14-20)43-8-6-31-22-17-40-11-9-38-15-21(30-5-7-42-25)16-39-10-12-41-18-22/h1-4,13-14,21-22,30-31H,5-12,15-18H2,(H,34,35)(H,36,37)(H2,32,33,44). The molecule has 240 valence electrons. The van der Waals surface area contributed by atoms with Gasteiger partial charge >= 0.3 is 11.9 Å². The number of carbonyl (C=O) groups is 2. The molecule has 44 heavy (non-hydrogen) atoms. The Kier molecular flexibility index (Phi) is 13.4. The number of anilines is 2. The Morgan fingerprint density at radius 3 is 1.66 bits per heavy atom. The van der Waals surface area contributed by atoms with Gasteiger partial charge in [0, 0.05) is 30.5 Å². The van der Waals surface area contributed by atoms with Crippen molar-refractivity contribution in [2.75, 3.05) is 89.8 Å². The van der Waals surface area contributed by atoms with Gasteiger partial charge in [0.05, 0.1) is 76.1 Å². The Morgan fingerprint density at radius 1 is 0.659 bits per heavy atom. The maximum Gasteiger partial charge on any atom is 0.336 e. The summed E-state index contributed by atoms with van der Waals surface area (Å²) in [4.78, 5) is 22.9. The summed E-state index contributed by atoms with van der Waals surface area (Å²) in [6.45, 7) is 5.51. The van der Waals surface area contributed by atoms with Crippen LogP contribution in [0.1, 0.15) is 20.7 Å². The number of hydrogen-bond donors (Lipinski definition) is 6. The quantitative estimate of drug-likeness (QED) is 0.267. The molecule has 3 heterocycles. The summed E-state index contributed by atoms with van der Waals surface area (Å²) >= 11 is 5.41. The van der Waals surface area contributed by atoms with Crippen molar-refractivity contribution in [2.45, 2.75) is 12.1 Å². The van der Waals surface area contributed by atoms with Crippen LogP contribution in [-0.2, 0) is 18.9 Å². The predicted octanol–water partition coefficient (Wildman–Crippen LogP) is 1.66. The molecule has 2 bridgehead atoms. The van der Waals surface area contributed by atoms with E-state index in [0.717, 1.165) is 0 Å². The van der Waals surface area contributed by atoms with E-state index in [4.69, 9.17) is 40.6 Å². The highest BCUT2D eigenvalue weighted by molar-refractivity contribution is 7.80. The molecule has 2 aromatic carbocycles. The minimum Gasteiger partial charge on any atom is -0.488 e. The SMILES string of the molecule is O=C(O)c1ccc(NC(=S)Nc2ccc3c(c2)OCCNC2COCCOCC(COCCOC2)NCCO3)cc1C(=O)O. The van der Waals surface area contributed by atoms with Crippen LogP contribution >= 0.6 is 12.2 Å². The molecule has 1 saturated heterocycles. The molecule has 14 nitrogen and oxygen atoms in total. The first-order chi connectivity index (χ1) is 21.4. The maximum atomic E-state index is 11.5. The average molecular weight is 635 g/mol. The number of rotatable bonds is 4. The zero-order chi connectivity index (χ0) is 31.1. The van der Waals surface area contributed by atoms with Crippen molar-refractivity contribution >= 4 is 40.6 Å². The van der Waals surface area contributed by atoms with E-state index in [2.05, 4.69) is 21.3 Å². The van der Waals surface area contributed by atoms with Crippen LogP contribution in [0.25, 0.3) is 0 Å². The van der Waals surface area contributed by atoms with Crippen molar-refractivity contribution in [1.82, 2.24) is 10.6 Å². The summed E-state index contributed by atoms with van der Waals surface area (Å²) in [6, 6.07) is 9.07. The van der Waals surface area contributed by atoms with E-state index in [9.17, 15) is 19.8 Å². The summed E-state index contributed by atoms with van der Waals surface area (Å²) in [5.74, 6) is -1.66. The summed E-state index contributed by atoms with van der Waals surface area (Å²) in [7, 11) is 0. The molecule has 3 aliphatic rings. The zero-order valence-corrected chi connectivity index (χ0v) is 25.0. The number of carboxylic acid groups (broad SMARTS) is 2. The van der Waals surface area contributed by atoms with Crippen LogP contribution in [0.3, 0.4) is 0 Å². The number of thiocarbonyl (C=S) groups is 1. The second-order valence-corrected chi connectivity index (χ2v) is 10.3. The normalized spacial score (nSPS) is 20.8. The molecule has 6 N–H and O–H groups in total. The van der Waals surface area contributed by atoms with Crippen molar-refractivity contribution in [2.24, 2.45) is 0 Å². The van der Waals surface area contributed by atoms with Gasteiger partial charge < -0.3 is 59.9 Å². The van der Waals surface area contributed by atoms with Gasteiger partial charge in [-0.25, -0.2) is 9.59 Å². The summed E-state index contributed by atoms with van der Waals surface area (Å²) < 4.78 is 35.3. The van der Waals surface area contributed by atoms with Gasteiger partial charge in [-0.1, -0.05) is 0 Å². The van der Waals surface area contributed by atoms with Crippen LogP contribution in [0, 0.1) is 0 Å². The molecule has 0 aliphatic carbocycles. The number of fused-ring (bicyclic) bond motifs is 16. The Hall–Kier alpha value is -3.57. The van der Waals surface area contributed by atoms with Crippen LogP contribution < -0.4 is 30.7 Å². The second-order valence-electron chi connectivity index (χ2n) is 9.91. The lowest BCUT2D eigenvalue weighted by Crippen LogP contribution is -2.42. The van der Waals surface area contributed by atoms with Gasteiger partial charge in [-0.15, -0.1) is 0 Å². The van der Waals surface area contributed by atoms with Gasteiger partial charge in [-0.2, -0.15) is 0 Å². The van der Waals surface area contributed by atoms with Crippen molar-refractivity contribution in [3.63, 3.8) is 0 Å². The van der Waals surface area contributed by atoms with Gasteiger partial charge in [-0.05, 0) is 42.5 Å². The molecule has 3 aliphatic heterocycles. The third-order valence-electron chi connectivity index (χ3n) is 6.55. The molecule has 0 unspecified atom stereocenters. The lowest BCUT2D eigenvalue weighted by molar-refractivity contribution is -0.0186. The highest BCUT2D eigenvalue weighted by atomic mass is 32.1. The Balaban J connectivity index is 1.44. The molecule has 2 aromatic rings. The highest BCUT2D eigenvalue weighted by Gasteiger charge is 2.18. The molecule has 0 saturated carbocycles. The fourth-order valence-electron chi connectivity index (χ4n) is 4.41. The molecular weight excluding hydrogens is 596 g/mol. The van der Waals surface area contributed by atoms with E-state index >= 15 is 0 Å². The minimum atomic E-state index is -1.36. The fourth-order valence-corrected chi connectivity index (χ4v) is 4.65. The maximum absolute atomic E-state index is 11.5. The van der Waals surface area contributed by atoms with Gasteiger partial charge in [0.2, 0.25) is 0 Å². The predicted molar refractivity (Wildman–Crippen MR) is 164 cm³/mol.